The van der Waals surface area contributed by atoms with E-state index in [-0.39, 0.29) is 0 Å². The molecule has 13 rings (SSSR count). The summed E-state index contributed by atoms with van der Waals surface area (Å²) in [6, 6.07) is 88.3. The van der Waals surface area contributed by atoms with Crippen molar-refractivity contribution in [1.82, 2.24) is 24.1 Å². The molecule has 0 N–H and O–H groups in total. The van der Waals surface area contributed by atoms with Crippen LogP contribution < -0.4 is 0 Å². The van der Waals surface area contributed by atoms with Crippen LogP contribution in [0.3, 0.4) is 0 Å². The van der Waals surface area contributed by atoms with Crippen LogP contribution in [-0.2, 0) is 0 Å². The first-order valence-corrected chi connectivity index (χ1v) is 23.0. The van der Waals surface area contributed by atoms with Crippen LogP contribution in [0.4, 0.5) is 0 Å². The number of fused-ring (bicyclic) bond motifs is 7. The minimum atomic E-state index is 0.548. The summed E-state index contributed by atoms with van der Waals surface area (Å²) >= 11 is 0. The van der Waals surface area contributed by atoms with Gasteiger partial charge in [-0.2, -0.15) is 9.97 Å². The Balaban J connectivity index is 1.10. The molecule has 10 aromatic carbocycles. The molecule has 0 aliphatic heterocycles. The van der Waals surface area contributed by atoms with Gasteiger partial charge in [0, 0.05) is 38.4 Å². The highest BCUT2D eigenvalue weighted by molar-refractivity contribution is 6.23. The van der Waals surface area contributed by atoms with Crippen LogP contribution in [0.15, 0.2) is 249 Å². The maximum absolute atomic E-state index is 5.44. The molecule has 0 atom stereocenters. The Labute approximate surface area is 393 Å². The average Bonchev–Trinajstić information content (AvgIpc) is 3.95. The molecular weight excluding hydrogens is 827 g/mol. The summed E-state index contributed by atoms with van der Waals surface area (Å²) in [5, 5.41) is 4.54. The van der Waals surface area contributed by atoms with Crippen molar-refractivity contribution in [2.24, 2.45) is 0 Å². The Morgan fingerprint density at radius 1 is 0.235 bits per heavy atom. The molecule has 3 aromatic heterocycles. The quantitative estimate of drug-likeness (QED) is 0.153. The predicted molar refractivity (Wildman–Crippen MR) is 281 cm³/mol. The maximum Gasteiger partial charge on any atom is 0.238 e. The van der Waals surface area contributed by atoms with Crippen LogP contribution in [0, 0.1) is 0 Å². The predicted octanol–water partition coefficient (Wildman–Crippen LogP) is 16.1. The van der Waals surface area contributed by atoms with Crippen LogP contribution >= 0.6 is 0 Å². The molecule has 3 heterocycles. The molecule has 0 saturated heterocycles. The van der Waals surface area contributed by atoms with Crippen molar-refractivity contribution in [1.29, 1.82) is 0 Å². The zero-order valence-electron chi connectivity index (χ0n) is 36.9. The van der Waals surface area contributed by atoms with Gasteiger partial charge in [0.05, 0.1) is 22.1 Å². The lowest BCUT2D eigenvalue weighted by molar-refractivity contribution is 0.953. The third kappa shape index (κ3) is 6.76. The van der Waals surface area contributed by atoms with Crippen LogP contribution in [0.2, 0.25) is 0 Å². The Morgan fingerprint density at radius 3 is 1.19 bits per heavy atom. The van der Waals surface area contributed by atoms with Crippen LogP contribution in [0.5, 0.6) is 0 Å². The fourth-order valence-electron chi connectivity index (χ4n) is 9.95. The lowest BCUT2D eigenvalue weighted by Crippen LogP contribution is -2.07. The standard InChI is InChI=1S/C63H41N5/c1-5-18-42(19-6-1)45-32-34-46(35-33-45)51-39-50(44-22-9-3-10-23-44)40-52(41-51)67-57-30-15-13-28-53(57)55-36-37-56-54-29-14-16-31-58(54)68(60(56)59(55)67)63-65-61(47-24-11-4-12-25-47)64-62(66-63)49-27-17-26-48(38-49)43-20-7-2-8-21-43/h1-41H. The zero-order chi connectivity index (χ0) is 45.0. The molecule has 0 fully saturated rings. The first-order chi connectivity index (χ1) is 33.7. The van der Waals surface area contributed by atoms with E-state index in [0.717, 1.165) is 88.4 Å². The second-order valence-electron chi connectivity index (χ2n) is 17.2. The Bertz CT molecular complexity index is 3990. The van der Waals surface area contributed by atoms with Gasteiger partial charge in [-0.05, 0) is 80.9 Å². The fraction of sp³-hybridized carbons (Fsp3) is 0. The smallest absolute Gasteiger partial charge is 0.238 e. The number of hydrogen-bond donors (Lipinski definition) is 0. The molecule has 0 aliphatic rings. The highest BCUT2D eigenvalue weighted by atomic mass is 15.2. The molecule has 13 aromatic rings. The monoisotopic (exact) mass is 867 g/mol. The number of para-hydroxylation sites is 2. The summed E-state index contributed by atoms with van der Waals surface area (Å²) in [6.07, 6.45) is 0. The molecule has 0 bridgehead atoms. The van der Waals surface area contributed by atoms with E-state index >= 15 is 0 Å². The van der Waals surface area contributed by atoms with Gasteiger partial charge in [0.15, 0.2) is 11.6 Å². The van der Waals surface area contributed by atoms with E-state index in [0.29, 0.717) is 17.6 Å². The molecule has 0 spiro atoms. The summed E-state index contributed by atoms with van der Waals surface area (Å²) in [5.41, 5.74) is 16.3. The molecule has 5 heteroatoms. The number of rotatable bonds is 8. The zero-order valence-corrected chi connectivity index (χ0v) is 36.9. The van der Waals surface area contributed by atoms with E-state index < -0.39 is 0 Å². The third-order valence-electron chi connectivity index (χ3n) is 13.2. The van der Waals surface area contributed by atoms with Crippen molar-refractivity contribution in [2.45, 2.75) is 0 Å². The summed E-state index contributed by atoms with van der Waals surface area (Å²) in [5.74, 6) is 1.75. The number of hydrogen-bond acceptors (Lipinski definition) is 3. The third-order valence-corrected chi connectivity index (χ3v) is 13.2. The van der Waals surface area contributed by atoms with Crippen LogP contribution in [0.25, 0.3) is 123 Å². The van der Waals surface area contributed by atoms with Gasteiger partial charge in [-0.25, -0.2) is 4.98 Å². The summed E-state index contributed by atoms with van der Waals surface area (Å²) < 4.78 is 4.73. The Hall–Kier alpha value is -9.19. The van der Waals surface area contributed by atoms with Gasteiger partial charge >= 0.3 is 0 Å². The Kier molecular flexibility index (Phi) is 9.43. The lowest BCUT2D eigenvalue weighted by atomic mass is 9.96. The van der Waals surface area contributed by atoms with E-state index in [2.05, 4.69) is 234 Å². The molecule has 0 unspecified atom stereocenters. The van der Waals surface area contributed by atoms with Gasteiger partial charge in [-0.1, -0.05) is 212 Å². The van der Waals surface area contributed by atoms with Crippen LogP contribution in [0.1, 0.15) is 0 Å². The molecule has 68 heavy (non-hydrogen) atoms. The lowest BCUT2D eigenvalue weighted by Gasteiger charge is -2.16. The molecule has 0 aliphatic carbocycles. The normalized spacial score (nSPS) is 11.5. The number of benzene rings is 10. The molecule has 318 valence electrons. The van der Waals surface area contributed by atoms with Crippen molar-refractivity contribution >= 4 is 43.6 Å². The van der Waals surface area contributed by atoms with Crippen molar-refractivity contribution in [3.05, 3.63) is 249 Å². The van der Waals surface area contributed by atoms with E-state index in [4.69, 9.17) is 15.0 Å². The van der Waals surface area contributed by atoms with Gasteiger partial charge in [0.2, 0.25) is 5.95 Å². The number of nitrogens with zero attached hydrogens (tertiary/aromatic N) is 5. The van der Waals surface area contributed by atoms with Crippen molar-refractivity contribution < 1.29 is 0 Å². The molecule has 0 radical (unpaired) electrons. The van der Waals surface area contributed by atoms with Crippen LogP contribution in [-0.4, -0.2) is 24.1 Å². The summed E-state index contributed by atoms with van der Waals surface area (Å²) in [6.45, 7) is 0. The number of aromatic nitrogens is 5. The van der Waals surface area contributed by atoms with Gasteiger partial charge in [0.1, 0.15) is 0 Å². The molecule has 0 saturated carbocycles. The van der Waals surface area contributed by atoms with E-state index in [1.54, 1.807) is 0 Å². The van der Waals surface area contributed by atoms with Crippen molar-refractivity contribution in [2.75, 3.05) is 0 Å². The molecule has 5 nitrogen and oxygen atoms in total. The second-order valence-corrected chi connectivity index (χ2v) is 17.2. The SMILES string of the molecule is c1ccc(-c2ccc(-c3cc(-c4ccccc4)cc(-n4c5ccccc5c5ccc6c7ccccc7n(-c7nc(-c8ccccc8)nc(-c8cccc(-c9ccccc9)c8)n7)c6c54)c3)cc2)cc1. The van der Waals surface area contributed by atoms with E-state index in [9.17, 15) is 0 Å². The largest absolute Gasteiger partial charge is 0.307 e. The van der Waals surface area contributed by atoms with E-state index in [1.807, 2.05) is 24.3 Å². The molecular formula is C63H41N5. The molecule has 0 amide bonds. The second kappa shape index (κ2) is 16.4. The van der Waals surface area contributed by atoms with Gasteiger partial charge in [-0.15, -0.1) is 0 Å². The highest BCUT2D eigenvalue weighted by Crippen LogP contribution is 2.43. The van der Waals surface area contributed by atoms with Crippen molar-refractivity contribution in [3.63, 3.8) is 0 Å². The van der Waals surface area contributed by atoms with Gasteiger partial charge < -0.3 is 4.57 Å². The summed E-state index contributed by atoms with van der Waals surface area (Å²) in [4.78, 5) is 16.0. The fourth-order valence-corrected chi connectivity index (χ4v) is 9.95. The topological polar surface area (TPSA) is 48.5 Å². The Morgan fingerprint density at radius 2 is 0.618 bits per heavy atom. The first-order valence-electron chi connectivity index (χ1n) is 23.0. The van der Waals surface area contributed by atoms with E-state index in [1.165, 1.54) is 16.5 Å². The minimum absolute atomic E-state index is 0.548. The van der Waals surface area contributed by atoms with Crippen molar-refractivity contribution in [3.8, 4) is 78.9 Å². The maximum atomic E-state index is 5.44. The van der Waals surface area contributed by atoms with Gasteiger partial charge in [-0.3, -0.25) is 4.57 Å². The summed E-state index contributed by atoms with van der Waals surface area (Å²) in [7, 11) is 0. The first kappa shape index (κ1) is 39.2. The van der Waals surface area contributed by atoms with Gasteiger partial charge in [0.25, 0.3) is 0 Å². The highest BCUT2D eigenvalue weighted by Gasteiger charge is 2.24. The average molecular weight is 868 g/mol. The minimum Gasteiger partial charge on any atom is -0.307 e.